The standard InChI is InChI=1S/C20H26N8O4S/c1-33(31,32)27-14-6-4-12(5-7-14)22-16-9-17(23-13-2-3-13)28-18(25-16)11(10-21-28)8-15-19(29)26-20(30)24-15/h8-10,12-14,23,27H,2-7H2,1H3,(H,22,25)(H2,24,26,29,30)/b15-8-/t12-,14-. The number of amides is 3. The van der Waals surface area contributed by atoms with Gasteiger partial charge < -0.3 is 16.0 Å². The minimum atomic E-state index is -3.21. The van der Waals surface area contributed by atoms with Gasteiger partial charge in [0, 0.05) is 29.8 Å². The Morgan fingerprint density at radius 1 is 1.03 bits per heavy atom. The van der Waals surface area contributed by atoms with Gasteiger partial charge in [-0.2, -0.15) is 9.61 Å². The molecule has 3 amide bonds. The number of aromatic nitrogens is 3. The Labute approximate surface area is 190 Å². The van der Waals surface area contributed by atoms with Crippen molar-refractivity contribution in [1.29, 1.82) is 0 Å². The summed E-state index contributed by atoms with van der Waals surface area (Å²) >= 11 is 0. The first-order chi connectivity index (χ1) is 15.7. The number of rotatable bonds is 7. The lowest BCUT2D eigenvalue weighted by atomic mass is 9.92. The minimum Gasteiger partial charge on any atom is -0.367 e. The lowest BCUT2D eigenvalue weighted by molar-refractivity contribution is -0.115. The van der Waals surface area contributed by atoms with E-state index in [-0.39, 0.29) is 17.8 Å². The van der Waals surface area contributed by atoms with Crippen molar-refractivity contribution in [3.63, 3.8) is 0 Å². The first-order valence-corrected chi connectivity index (χ1v) is 12.9. The third-order valence-electron chi connectivity index (χ3n) is 5.91. The molecule has 1 aliphatic heterocycles. The first kappa shape index (κ1) is 21.6. The van der Waals surface area contributed by atoms with Crippen LogP contribution in [0.2, 0.25) is 0 Å². The van der Waals surface area contributed by atoms with E-state index in [2.05, 4.69) is 31.1 Å². The van der Waals surface area contributed by atoms with Gasteiger partial charge in [-0.05, 0) is 44.6 Å². The Morgan fingerprint density at radius 3 is 2.33 bits per heavy atom. The number of anilines is 2. The summed E-state index contributed by atoms with van der Waals surface area (Å²) in [6.45, 7) is 0. The van der Waals surface area contributed by atoms with Gasteiger partial charge in [0.25, 0.3) is 5.91 Å². The summed E-state index contributed by atoms with van der Waals surface area (Å²) in [7, 11) is -3.21. The molecule has 2 aliphatic carbocycles. The zero-order chi connectivity index (χ0) is 23.2. The number of fused-ring (bicyclic) bond motifs is 1. The summed E-state index contributed by atoms with van der Waals surface area (Å²) < 4.78 is 27.4. The maximum atomic E-state index is 11.9. The van der Waals surface area contributed by atoms with Crippen molar-refractivity contribution in [2.75, 3.05) is 16.9 Å². The van der Waals surface area contributed by atoms with Gasteiger partial charge in [0.1, 0.15) is 17.3 Å². The van der Waals surface area contributed by atoms with E-state index in [1.807, 2.05) is 6.07 Å². The predicted molar refractivity (Wildman–Crippen MR) is 122 cm³/mol. The molecule has 3 fully saturated rings. The number of sulfonamides is 1. The predicted octanol–water partition coefficient (Wildman–Crippen LogP) is 0.756. The highest BCUT2D eigenvalue weighted by molar-refractivity contribution is 7.88. The summed E-state index contributed by atoms with van der Waals surface area (Å²) in [6, 6.07) is 1.87. The normalized spacial score (nSPS) is 24.7. The van der Waals surface area contributed by atoms with Gasteiger partial charge in [0.15, 0.2) is 5.65 Å². The molecule has 2 aromatic rings. The SMILES string of the molecule is CS(=O)(=O)N[C@H]1CC[C@H](Nc2cc(NC3CC3)n3ncc(/C=C4\NC(=O)NC4=O)c3n2)CC1. The summed E-state index contributed by atoms with van der Waals surface area (Å²) in [5.41, 5.74) is 1.30. The molecule has 0 spiro atoms. The van der Waals surface area contributed by atoms with Gasteiger partial charge in [-0.15, -0.1) is 0 Å². The van der Waals surface area contributed by atoms with Gasteiger partial charge in [-0.3, -0.25) is 10.1 Å². The van der Waals surface area contributed by atoms with Crippen LogP contribution in [0.3, 0.4) is 0 Å². The quantitative estimate of drug-likeness (QED) is 0.290. The fourth-order valence-corrected chi connectivity index (χ4v) is 5.04. The highest BCUT2D eigenvalue weighted by Gasteiger charge is 2.27. The van der Waals surface area contributed by atoms with Crippen LogP contribution in [0.1, 0.15) is 44.1 Å². The number of nitrogens with zero attached hydrogens (tertiary/aromatic N) is 3. The minimum absolute atomic E-state index is 0.0404. The second-order valence-electron chi connectivity index (χ2n) is 8.83. The van der Waals surface area contributed by atoms with E-state index in [1.165, 1.54) is 6.26 Å². The van der Waals surface area contributed by atoms with Gasteiger partial charge in [0.2, 0.25) is 10.0 Å². The van der Waals surface area contributed by atoms with Crippen LogP contribution in [0.25, 0.3) is 11.7 Å². The highest BCUT2D eigenvalue weighted by Crippen LogP contribution is 2.29. The average molecular weight is 475 g/mol. The van der Waals surface area contributed by atoms with Crippen LogP contribution in [-0.2, 0) is 14.8 Å². The van der Waals surface area contributed by atoms with Crippen molar-refractivity contribution >= 4 is 45.3 Å². The van der Waals surface area contributed by atoms with Crippen LogP contribution in [0.15, 0.2) is 18.0 Å². The summed E-state index contributed by atoms with van der Waals surface area (Å²) in [4.78, 5) is 28.1. The molecule has 0 unspecified atom stereocenters. The van der Waals surface area contributed by atoms with E-state index in [0.717, 1.165) is 44.3 Å². The topological polar surface area (TPSA) is 159 Å². The maximum absolute atomic E-state index is 11.9. The van der Waals surface area contributed by atoms with E-state index in [1.54, 1.807) is 16.8 Å². The summed E-state index contributed by atoms with van der Waals surface area (Å²) in [5.74, 6) is 0.969. The van der Waals surface area contributed by atoms with Crippen molar-refractivity contribution in [3.05, 3.63) is 23.5 Å². The second-order valence-corrected chi connectivity index (χ2v) is 10.6. The van der Waals surface area contributed by atoms with Crippen LogP contribution in [0.4, 0.5) is 16.4 Å². The van der Waals surface area contributed by atoms with Crippen LogP contribution < -0.4 is 26.0 Å². The van der Waals surface area contributed by atoms with Crippen molar-refractivity contribution in [2.45, 2.75) is 56.7 Å². The molecule has 0 atom stereocenters. The average Bonchev–Trinajstić information content (AvgIpc) is 3.37. The number of nitrogens with one attached hydrogen (secondary N) is 5. The molecule has 33 heavy (non-hydrogen) atoms. The Morgan fingerprint density at radius 2 is 1.70 bits per heavy atom. The first-order valence-electron chi connectivity index (χ1n) is 11.0. The molecule has 0 bridgehead atoms. The highest BCUT2D eigenvalue weighted by atomic mass is 32.2. The lowest BCUT2D eigenvalue weighted by Crippen LogP contribution is -2.39. The number of hydrogen-bond acceptors (Lipinski definition) is 8. The zero-order valence-electron chi connectivity index (χ0n) is 18.1. The molecule has 2 saturated carbocycles. The molecule has 0 aromatic carbocycles. The van der Waals surface area contributed by atoms with Crippen molar-refractivity contribution in [2.24, 2.45) is 0 Å². The van der Waals surface area contributed by atoms with Crippen molar-refractivity contribution in [1.82, 2.24) is 30.0 Å². The van der Waals surface area contributed by atoms with Crippen molar-refractivity contribution in [3.8, 4) is 0 Å². The van der Waals surface area contributed by atoms with Crippen LogP contribution in [0.5, 0.6) is 0 Å². The number of carbonyl (C=O) groups is 2. The second kappa shape index (κ2) is 8.30. The van der Waals surface area contributed by atoms with E-state index in [0.29, 0.717) is 23.1 Å². The van der Waals surface area contributed by atoms with Crippen LogP contribution >= 0.6 is 0 Å². The number of carbonyl (C=O) groups excluding carboxylic acids is 2. The third kappa shape index (κ3) is 5.09. The van der Waals surface area contributed by atoms with Gasteiger partial charge >= 0.3 is 6.03 Å². The molecule has 13 heteroatoms. The molecule has 176 valence electrons. The van der Waals surface area contributed by atoms with E-state index >= 15 is 0 Å². The fourth-order valence-electron chi connectivity index (χ4n) is 4.20. The van der Waals surface area contributed by atoms with Gasteiger partial charge in [0.05, 0.1) is 12.5 Å². The maximum Gasteiger partial charge on any atom is 0.326 e. The Bertz CT molecular complexity index is 1240. The Hall–Kier alpha value is -3.19. The van der Waals surface area contributed by atoms with Gasteiger partial charge in [-0.1, -0.05) is 0 Å². The summed E-state index contributed by atoms with van der Waals surface area (Å²) in [6.07, 6.45) is 9.66. The number of urea groups is 1. The zero-order valence-corrected chi connectivity index (χ0v) is 18.9. The Balaban J connectivity index is 1.39. The largest absolute Gasteiger partial charge is 0.367 e. The molecule has 3 heterocycles. The fraction of sp³-hybridized carbons (Fsp3) is 0.500. The van der Waals surface area contributed by atoms with E-state index < -0.39 is 22.0 Å². The monoisotopic (exact) mass is 474 g/mol. The number of hydrogen-bond donors (Lipinski definition) is 5. The molecule has 5 rings (SSSR count). The summed E-state index contributed by atoms with van der Waals surface area (Å²) in [5, 5.41) is 16.0. The smallest absolute Gasteiger partial charge is 0.326 e. The van der Waals surface area contributed by atoms with Crippen LogP contribution in [-0.4, -0.2) is 59.3 Å². The third-order valence-corrected chi connectivity index (χ3v) is 6.67. The van der Waals surface area contributed by atoms with Crippen molar-refractivity contribution < 1.29 is 18.0 Å². The molecular weight excluding hydrogens is 448 g/mol. The molecule has 1 saturated heterocycles. The molecule has 12 nitrogen and oxygen atoms in total. The lowest BCUT2D eigenvalue weighted by Gasteiger charge is -2.29. The number of imide groups is 1. The van der Waals surface area contributed by atoms with E-state index in [4.69, 9.17) is 4.98 Å². The molecule has 3 aliphatic rings. The molecule has 0 radical (unpaired) electrons. The van der Waals surface area contributed by atoms with Crippen LogP contribution in [0, 0.1) is 0 Å². The Kier molecular flexibility index (Phi) is 5.44. The molecule has 5 N–H and O–H groups in total. The van der Waals surface area contributed by atoms with E-state index in [9.17, 15) is 18.0 Å². The molecular formula is C20H26N8O4S. The van der Waals surface area contributed by atoms with Gasteiger partial charge in [-0.25, -0.2) is 22.9 Å². The molecule has 2 aromatic heterocycles.